The van der Waals surface area contributed by atoms with Crippen LogP contribution in [-0.4, -0.2) is 47.6 Å². The largest absolute Gasteiger partial charge is 0.478 e. The minimum absolute atomic E-state index is 0.188. The zero-order chi connectivity index (χ0) is 15.5. The Hall–Kier alpha value is -1.62. The molecular formula is C15H25N3O2. The molecule has 1 heterocycles. The molecule has 1 atom stereocenters. The average molecular weight is 279 g/mol. The molecule has 1 unspecified atom stereocenters. The first-order valence-corrected chi connectivity index (χ1v) is 6.76. The second-order valence-corrected chi connectivity index (χ2v) is 6.49. The molecule has 0 spiro atoms. The van der Waals surface area contributed by atoms with Crippen molar-refractivity contribution in [3.8, 4) is 0 Å². The summed E-state index contributed by atoms with van der Waals surface area (Å²) in [6.45, 7) is 8.96. The number of pyridine rings is 1. The van der Waals surface area contributed by atoms with Crippen molar-refractivity contribution < 1.29 is 9.90 Å². The summed E-state index contributed by atoms with van der Waals surface area (Å²) in [6.07, 6.45) is 0. The summed E-state index contributed by atoms with van der Waals surface area (Å²) >= 11 is 0. The van der Waals surface area contributed by atoms with E-state index in [1.165, 1.54) is 0 Å². The molecule has 20 heavy (non-hydrogen) atoms. The first-order chi connectivity index (χ1) is 9.09. The molecule has 5 heteroatoms. The molecule has 5 nitrogen and oxygen atoms in total. The quantitative estimate of drug-likeness (QED) is 0.866. The summed E-state index contributed by atoms with van der Waals surface area (Å²) in [7, 11) is 4.00. The van der Waals surface area contributed by atoms with Gasteiger partial charge < -0.3 is 15.3 Å². The summed E-state index contributed by atoms with van der Waals surface area (Å²) in [5.41, 5.74) is 0.855. The molecular weight excluding hydrogens is 254 g/mol. The van der Waals surface area contributed by atoms with Gasteiger partial charge in [-0.05, 0) is 33.2 Å². The van der Waals surface area contributed by atoms with E-state index < -0.39 is 5.97 Å². The second kappa shape index (κ2) is 6.22. The van der Waals surface area contributed by atoms with Crippen molar-refractivity contribution in [2.75, 3.05) is 26.0 Å². The topological polar surface area (TPSA) is 65.5 Å². The summed E-state index contributed by atoms with van der Waals surface area (Å²) in [6, 6.07) is 3.42. The van der Waals surface area contributed by atoms with Gasteiger partial charge in [-0.3, -0.25) is 0 Å². The van der Waals surface area contributed by atoms with Crippen molar-refractivity contribution >= 4 is 11.8 Å². The van der Waals surface area contributed by atoms with Gasteiger partial charge in [0.25, 0.3) is 0 Å². The van der Waals surface area contributed by atoms with Crippen molar-refractivity contribution in [3.63, 3.8) is 0 Å². The fourth-order valence-corrected chi connectivity index (χ4v) is 1.96. The van der Waals surface area contributed by atoms with Crippen LogP contribution in [-0.2, 0) is 5.41 Å². The van der Waals surface area contributed by atoms with Crippen LogP contribution in [0.1, 0.15) is 43.7 Å². The molecule has 0 aliphatic heterocycles. The Labute approximate surface area is 121 Å². The number of nitrogens with zero attached hydrogens (tertiary/aromatic N) is 2. The molecule has 2 N–H and O–H groups in total. The third kappa shape index (κ3) is 4.81. The van der Waals surface area contributed by atoms with Crippen LogP contribution in [0.3, 0.4) is 0 Å². The summed E-state index contributed by atoms with van der Waals surface area (Å²) < 4.78 is 0. The van der Waals surface area contributed by atoms with Gasteiger partial charge in [-0.15, -0.1) is 0 Å². The molecule has 0 aliphatic rings. The van der Waals surface area contributed by atoms with E-state index in [4.69, 9.17) is 0 Å². The van der Waals surface area contributed by atoms with E-state index in [-0.39, 0.29) is 17.0 Å². The highest BCUT2D eigenvalue weighted by atomic mass is 16.4. The summed E-state index contributed by atoms with van der Waals surface area (Å²) in [5.74, 6) is -0.314. The van der Waals surface area contributed by atoms with Crippen molar-refractivity contribution in [1.82, 2.24) is 9.88 Å². The lowest BCUT2D eigenvalue weighted by molar-refractivity contribution is 0.0696. The fraction of sp³-hybridized carbons (Fsp3) is 0.600. The van der Waals surface area contributed by atoms with E-state index in [0.29, 0.717) is 5.82 Å². The highest BCUT2D eigenvalue weighted by Crippen LogP contribution is 2.23. The van der Waals surface area contributed by atoms with E-state index in [9.17, 15) is 9.90 Å². The number of hydrogen-bond donors (Lipinski definition) is 2. The van der Waals surface area contributed by atoms with Gasteiger partial charge >= 0.3 is 5.97 Å². The Morgan fingerprint density at radius 1 is 1.40 bits per heavy atom. The van der Waals surface area contributed by atoms with Gasteiger partial charge in [-0.25, -0.2) is 9.78 Å². The molecule has 0 saturated carbocycles. The maximum absolute atomic E-state index is 11.2. The maximum atomic E-state index is 11.2. The Morgan fingerprint density at radius 3 is 2.45 bits per heavy atom. The Morgan fingerprint density at radius 2 is 2.00 bits per heavy atom. The Bertz CT molecular complexity index is 478. The zero-order valence-corrected chi connectivity index (χ0v) is 13.2. The van der Waals surface area contributed by atoms with Gasteiger partial charge in [0.15, 0.2) is 0 Å². The number of aromatic nitrogens is 1. The van der Waals surface area contributed by atoms with Crippen LogP contribution < -0.4 is 5.32 Å². The van der Waals surface area contributed by atoms with Crippen LogP contribution in [0.2, 0.25) is 0 Å². The van der Waals surface area contributed by atoms with Gasteiger partial charge in [-0.2, -0.15) is 0 Å². The molecule has 0 fully saturated rings. The number of carboxylic acids is 1. The first kappa shape index (κ1) is 16.4. The van der Waals surface area contributed by atoms with E-state index in [2.05, 4.69) is 15.2 Å². The molecule has 0 amide bonds. The first-order valence-electron chi connectivity index (χ1n) is 6.76. The van der Waals surface area contributed by atoms with Crippen LogP contribution in [0.15, 0.2) is 12.1 Å². The van der Waals surface area contributed by atoms with Gasteiger partial charge in [0.2, 0.25) is 0 Å². The molecule has 1 rings (SSSR count). The van der Waals surface area contributed by atoms with Gasteiger partial charge in [-0.1, -0.05) is 20.8 Å². The standard InChI is InChI=1S/C15H25N3O2/c1-10(9-18(5)6)16-13-8-11(14(19)20)7-12(17-13)15(2,3)4/h7-8,10H,9H2,1-6H3,(H,16,17)(H,19,20). The van der Waals surface area contributed by atoms with Crippen LogP contribution in [0, 0.1) is 0 Å². The molecule has 0 radical (unpaired) electrons. The third-order valence-corrected chi connectivity index (χ3v) is 2.87. The number of anilines is 1. The van der Waals surface area contributed by atoms with Gasteiger partial charge in [0.1, 0.15) is 5.82 Å². The minimum atomic E-state index is -0.929. The van der Waals surface area contributed by atoms with E-state index in [1.54, 1.807) is 12.1 Å². The second-order valence-electron chi connectivity index (χ2n) is 6.49. The predicted octanol–water partition coefficient (Wildman–Crippen LogP) is 2.44. The normalized spacial score (nSPS) is 13.3. The molecule has 112 valence electrons. The molecule has 0 bridgehead atoms. The van der Waals surface area contributed by atoms with Gasteiger partial charge in [0, 0.05) is 23.7 Å². The molecule has 0 saturated heterocycles. The fourth-order valence-electron chi connectivity index (χ4n) is 1.96. The lowest BCUT2D eigenvalue weighted by atomic mass is 9.90. The highest BCUT2D eigenvalue weighted by molar-refractivity contribution is 5.88. The zero-order valence-electron chi connectivity index (χ0n) is 13.2. The van der Waals surface area contributed by atoms with E-state index in [1.807, 2.05) is 41.8 Å². The lowest BCUT2D eigenvalue weighted by Gasteiger charge is -2.22. The number of carbonyl (C=O) groups is 1. The van der Waals surface area contributed by atoms with Crippen LogP contribution in [0.4, 0.5) is 5.82 Å². The smallest absolute Gasteiger partial charge is 0.335 e. The van der Waals surface area contributed by atoms with Crippen molar-refractivity contribution in [2.45, 2.75) is 39.2 Å². The number of aromatic carboxylic acids is 1. The third-order valence-electron chi connectivity index (χ3n) is 2.87. The number of carboxylic acid groups (broad SMARTS) is 1. The molecule has 1 aromatic heterocycles. The number of likely N-dealkylation sites (N-methyl/N-ethyl adjacent to an activating group) is 1. The van der Waals surface area contributed by atoms with Crippen molar-refractivity contribution in [1.29, 1.82) is 0 Å². The maximum Gasteiger partial charge on any atom is 0.335 e. The average Bonchev–Trinajstić information content (AvgIpc) is 2.25. The van der Waals surface area contributed by atoms with Crippen LogP contribution in [0.5, 0.6) is 0 Å². The number of nitrogens with one attached hydrogen (secondary N) is 1. The van der Waals surface area contributed by atoms with Crippen LogP contribution in [0.25, 0.3) is 0 Å². The van der Waals surface area contributed by atoms with Crippen molar-refractivity contribution in [3.05, 3.63) is 23.4 Å². The van der Waals surface area contributed by atoms with Crippen molar-refractivity contribution in [2.24, 2.45) is 0 Å². The highest BCUT2D eigenvalue weighted by Gasteiger charge is 2.19. The number of hydrogen-bond acceptors (Lipinski definition) is 4. The molecule has 1 aromatic rings. The summed E-state index contributed by atoms with van der Waals surface area (Å²) in [5, 5.41) is 12.5. The van der Waals surface area contributed by atoms with Crippen LogP contribution >= 0.6 is 0 Å². The van der Waals surface area contributed by atoms with Gasteiger partial charge in [0.05, 0.1) is 5.56 Å². The molecule has 0 aromatic carbocycles. The minimum Gasteiger partial charge on any atom is -0.478 e. The lowest BCUT2D eigenvalue weighted by Crippen LogP contribution is -2.30. The Balaban J connectivity index is 3.07. The van der Waals surface area contributed by atoms with E-state index in [0.717, 1.165) is 12.2 Å². The summed E-state index contributed by atoms with van der Waals surface area (Å²) in [4.78, 5) is 17.8. The van der Waals surface area contributed by atoms with E-state index >= 15 is 0 Å². The SMILES string of the molecule is CC(CN(C)C)Nc1cc(C(=O)O)cc(C(C)(C)C)n1. The predicted molar refractivity (Wildman–Crippen MR) is 81.5 cm³/mol. The monoisotopic (exact) mass is 279 g/mol. The number of rotatable bonds is 5. The molecule has 0 aliphatic carbocycles. The Kier molecular flexibility index (Phi) is 5.11.